The highest BCUT2D eigenvalue weighted by atomic mass is 19.3. The van der Waals surface area contributed by atoms with Crippen molar-refractivity contribution in [1.82, 2.24) is 5.32 Å². The summed E-state index contributed by atoms with van der Waals surface area (Å²) in [5.41, 5.74) is 0. The summed E-state index contributed by atoms with van der Waals surface area (Å²) < 4.78 is 28.5. The van der Waals surface area contributed by atoms with Crippen LogP contribution in [0.1, 0.15) is 38.5 Å². The largest absolute Gasteiger partial charge is 0.375 e. The molecule has 0 radical (unpaired) electrons. The van der Waals surface area contributed by atoms with Crippen LogP contribution in [0, 0.1) is 0 Å². The molecular weight excluding hydrogens is 224 g/mol. The highest BCUT2D eigenvalue weighted by Crippen LogP contribution is 2.08. The molecule has 0 spiro atoms. The average molecular weight is 249 g/mol. The molecule has 0 aromatic carbocycles. The SMILES string of the molecule is C=CCCCCCC(CCOCC(F)F)NC. The molecule has 0 saturated heterocycles. The van der Waals surface area contributed by atoms with Crippen molar-refractivity contribution in [1.29, 1.82) is 0 Å². The summed E-state index contributed by atoms with van der Waals surface area (Å²) in [6.07, 6.45) is 6.06. The Balaban J connectivity index is 3.39. The minimum atomic E-state index is -2.36. The first-order chi connectivity index (χ1) is 8.20. The van der Waals surface area contributed by atoms with Gasteiger partial charge in [0, 0.05) is 12.6 Å². The van der Waals surface area contributed by atoms with Crippen LogP contribution in [0.5, 0.6) is 0 Å². The van der Waals surface area contributed by atoms with Gasteiger partial charge in [-0.05, 0) is 32.7 Å². The van der Waals surface area contributed by atoms with Gasteiger partial charge in [-0.2, -0.15) is 0 Å². The first kappa shape index (κ1) is 16.5. The number of allylic oxidation sites excluding steroid dienone is 1. The number of ether oxygens (including phenoxy) is 1. The Morgan fingerprint density at radius 2 is 2.00 bits per heavy atom. The standard InChI is InChI=1S/C13H25F2NO/c1-3-4-5-6-7-8-12(16-2)9-10-17-11-13(14)15/h3,12-13,16H,1,4-11H2,2H3. The molecule has 0 fully saturated rings. The summed E-state index contributed by atoms with van der Waals surface area (Å²) in [6.45, 7) is 3.64. The first-order valence-corrected chi connectivity index (χ1v) is 6.34. The summed E-state index contributed by atoms with van der Waals surface area (Å²) >= 11 is 0. The molecule has 102 valence electrons. The molecule has 0 bridgehead atoms. The third-order valence-corrected chi connectivity index (χ3v) is 2.72. The maximum atomic E-state index is 11.8. The van der Waals surface area contributed by atoms with E-state index in [0.29, 0.717) is 12.6 Å². The third kappa shape index (κ3) is 11.8. The first-order valence-electron chi connectivity index (χ1n) is 6.34. The van der Waals surface area contributed by atoms with E-state index in [9.17, 15) is 8.78 Å². The molecule has 0 amide bonds. The van der Waals surface area contributed by atoms with Crippen LogP contribution in [-0.4, -0.2) is 32.7 Å². The second kappa shape index (κ2) is 12.0. The highest BCUT2D eigenvalue weighted by Gasteiger charge is 2.07. The number of halogens is 2. The van der Waals surface area contributed by atoms with Crippen LogP contribution in [0.15, 0.2) is 12.7 Å². The maximum absolute atomic E-state index is 11.8. The number of unbranched alkanes of at least 4 members (excludes halogenated alkanes) is 3. The predicted octanol–water partition coefficient (Wildman–Crippen LogP) is 3.38. The van der Waals surface area contributed by atoms with E-state index in [1.54, 1.807) is 0 Å². The average Bonchev–Trinajstić information content (AvgIpc) is 2.31. The molecule has 0 aromatic rings. The Morgan fingerprint density at radius 3 is 2.59 bits per heavy atom. The fourth-order valence-electron chi connectivity index (χ4n) is 1.69. The molecule has 1 atom stereocenters. The normalized spacial score (nSPS) is 12.9. The summed E-state index contributed by atoms with van der Waals surface area (Å²) in [4.78, 5) is 0. The Labute approximate surface area is 103 Å². The van der Waals surface area contributed by atoms with Gasteiger partial charge in [0.2, 0.25) is 0 Å². The van der Waals surface area contributed by atoms with E-state index in [1.165, 1.54) is 12.8 Å². The number of nitrogens with one attached hydrogen (secondary N) is 1. The van der Waals surface area contributed by atoms with E-state index < -0.39 is 13.0 Å². The van der Waals surface area contributed by atoms with Crippen LogP contribution >= 0.6 is 0 Å². The van der Waals surface area contributed by atoms with Gasteiger partial charge in [0.05, 0.1) is 0 Å². The van der Waals surface area contributed by atoms with E-state index in [2.05, 4.69) is 11.9 Å². The number of hydrogen-bond acceptors (Lipinski definition) is 2. The lowest BCUT2D eigenvalue weighted by atomic mass is 10.1. The maximum Gasteiger partial charge on any atom is 0.261 e. The van der Waals surface area contributed by atoms with Crippen LogP contribution in [0.25, 0.3) is 0 Å². The molecule has 0 aromatic heterocycles. The lowest BCUT2D eigenvalue weighted by Crippen LogP contribution is -2.27. The molecule has 2 nitrogen and oxygen atoms in total. The quantitative estimate of drug-likeness (QED) is 0.423. The van der Waals surface area contributed by atoms with E-state index in [0.717, 1.165) is 25.7 Å². The van der Waals surface area contributed by atoms with E-state index in [1.807, 2.05) is 13.1 Å². The molecule has 1 N–H and O–H groups in total. The van der Waals surface area contributed by atoms with Crippen molar-refractivity contribution in [3.05, 3.63) is 12.7 Å². The van der Waals surface area contributed by atoms with Gasteiger partial charge in [0.15, 0.2) is 0 Å². The van der Waals surface area contributed by atoms with Gasteiger partial charge in [-0.25, -0.2) is 8.78 Å². The Hall–Kier alpha value is -0.480. The third-order valence-electron chi connectivity index (χ3n) is 2.72. The highest BCUT2D eigenvalue weighted by molar-refractivity contribution is 4.67. The van der Waals surface area contributed by atoms with Crippen LogP contribution < -0.4 is 5.32 Å². The smallest absolute Gasteiger partial charge is 0.261 e. The molecule has 0 heterocycles. The van der Waals surface area contributed by atoms with Gasteiger partial charge in [-0.1, -0.05) is 18.9 Å². The number of alkyl halides is 2. The van der Waals surface area contributed by atoms with Crippen molar-refractivity contribution in [2.75, 3.05) is 20.3 Å². The van der Waals surface area contributed by atoms with Crippen LogP contribution in [0.3, 0.4) is 0 Å². The number of rotatable bonds is 12. The summed E-state index contributed by atoms with van der Waals surface area (Å²) in [6, 6.07) is 0.372. The number of hydrogen-bond donors (Lipinski definition) is 1. The summed E-state index contributed by atoms with van der Waals surface area (Å²) in [5, 5.41) is 3.19. The fourth-order valence-corrected chi connectivity index (χ4v) is 1.69. The topological polar surface area (TPSA) is 21.3 Å². The lowest BCUT2D eigenvalue weighted by molar-refractivity contribution is 0.0143. The summed E-state index contributed by atoms with van der Waals surface area (Å²) in [7, 11) is 1.90. The second-order valence-electron chi connectivity index (χ2n) is 4.17. The van der Waals surface area contributed by atoms with E-state index >= 15 is 0 Å². The summed E-state index contributed by atoms with van der Waals surface area (Å²) in [5.74, 6) is 0. The predicted molar refractivity (Wildman–Crippen MR) is 67.6 cm³/mol. The van der Waals surface area contributed by atoms with Gasteiger partial charge in [-0.3, -0.25) is 0 Å². The van der Waals surface area contributed by atoms with Crippen LogP contribution in [0.4, 0.5) is 8.78 Å². The lowest BCUT2D eigenvalue weighted by Gasteiger charge is -2.15. The molecule has 1 unspecified atom stereocenters. The zero-order valence-electron chi connectivity index (χ0n) is 10.8. The molecule has 0 rings (SSSR count). The molecular formula is C13H25F2NO. The van der Waals surface area contributed by atoms with Crippen LogP contribution in [-0.2, 0) is 4.74 Å². The fraction of sp³-hybridized carbons (Fsp3) is 0.846. The monoisotopic (exact) mass is 249 g/mol. The van der Waals surface area contributed by atoms with E-state index in [4.69, 9.17) is 4.74 Å². The minimum Gasteiger partial charge on any atom is -0.375 e. The molecule has 4 heteroatoms. The molecule has 0 aliphatic carbocycles. The second-order valence-corrected chi connectivity index (χ2v) is 4.17. The molecule has 17 heavy (non-hydrogen) atoms. The van der Waals surface area contributed by atoms with Crippen molar-refractivity contribution < 1.29 is 13.5 Å². The Bertz CT molecular complexity index is 177. The van der Waals surface area contributed by atoms with Gasteiger partial charge < -0.3 is 10.1 Å². The zero-order chi connectivity index (χ0) is 12.9. The van der Waals surface area contributed by atoms with Gasteiger partial charge in [-0.15, -0.1) is 6.58 Å². The van der Waals surface area contributed by atoms with Gasteiger partial charge in [0.25, 0.3) is 6.43 Å². The van der Waals surface area contributed by atoms with E-state index in [-0.39, 0.29) is 0 Å². The van der Waals surface area contributed by atoms with Crippen molar-refractivity contribution in [2.45, 2.75) is 51.0 Å². The minimum absolute atomic E-state index is 0.372. The Kier molecular flexibility index (Phi) is 11.7. The van der Waals surface area contributed by atoms with Crippen LogP contribution in [0.2, 0.25) is 0 Å². The molecule has 0 saturated carbocycles. The zero-order valence-corrected chi connectivity index (χ0v) is 10.8. The Morgan fingerprint density at radius 1 is 1.24 bits per heavy atom. The molecule has 0 aliphatic rings. The van der Waals surface area contributed by atoms with Gasteiger partial charge >= 0.3 is 0 Å². The molecule has 0 aliphatic heterocycles. The van der Waals surface area contributed by atoms with Crippen molar-refractivity contribution >= 4 is 0 Å². The van der Waals surface area contributed by atoms with Gasteiger partial charge in [0.1, 0.15) is 6.61 Å². The van der Waals surface area contributed by atoms with Crippen molar-refractivity contribution in [3.63, 3.8) is 0 Å². The van der Waals surface area contributed by atoms with Crippen molar-refractivity contribution in [3.8, 4) is 0 Å². The van der Waals surface area contributed by atoms with Crippen molar-refractivity contribution in [2.24, 2.45) is 0 Å².